The molecule has 0 aromatic carbocycles. The van der Waals surface area contributed by atoms with Gasteiger partial charge in [0.05, 0.1) is 24.6 Å². The number of carbonyl (C=O) groups is 7. The summed E-state index contributed by atoms with van der Waals surface area (Å²) in [5.41, 5.74) is 0. The van der Waals surface area contributed by atoms with Crippen LogP contribution in [0.5, 0.6) is 0 Å². The molecule has 358 valence electrons. The molecule has 0 spiro atoms. The number of amides is 5. The maximum Gasteiger partial charge on any atom is 0.335 e. The Morgan fingerprint density at radius 3 is 2.06 bits per heavy atom. The molecule has 4 fully saturated rings. The number of imide groups is 1. The van der Waals surface area contributed by atoms with E-state index in [4.69, 9.17) is 28.4 Å². The van der Waals surface area contributed by atoms with Crippen molar-refractivity contribution in [2.45, 2.75) is 144 Å². The lowest BCUT2D eigenvalue weighted by Gasteiger charge is -2.49. The summed E-state index contributed by atoms with van der Waals surface area (Å²) in [6, 6.07) is -1.68. The number of aliphatic hydroxyl groups excluding tert-OH is 6. The number of nitrogens with one attached hydrogen (secondary N) is 3. The van der Waals surface area contributed by atoms with Crippen LogP contribution < -0.4 is 16.0 Å². The minimum Gasteiger partial charge on any atom is -0.479 e. The second-order valence-electron chi connectivity index (χ2n) is 15.3. The first-order valence-electron chi connectivity index (χ1n) is 20.4. The topological polar surface area (TPSA) is 376 Å². The Labute approximate surface area is 365 Å². The fourth-order valence-corrected chi connectivity index (χ4v) is 8.68. The van der Waals surface area contributed by atoms with Gasteiger partial charge in [-0.15, -0.1) is 11.8 Å². The lowest BCUT2D eigenvalue weighted by Crippen LogP contribution is -2.69. The largest absolute Gasteiger partial charge is 0.479 e. The lowest BCUT2D eigenvalue weighted by atomic mass is 9.86. The van der Waals surface area contributed by atoms with Crippen LogP contribution in [0.1, 0.15) is 52.4 Å². The van der Waals surface area contributed by atoms with Crippen LogP contribution in [0.15, 0.2) is 0 Å². The molecule has 0 saturated carbocycles. The van der Waals surface area contributed by atoms with Crippen molar-refractivity contribution in [1.82, 2.24) is 20.9 Å². The van der Waals surface area contributed by atoms with Gasteiger partial charge in [0.2, 0.25) is 29.5 Å². The molecular formula is C37H58N4O21S. The highest BCUT2D eigenvalue weighted by molar-refractivity contribution is 8.00. The number of ether oxygens (including phenoxy) is 6. The third kappa shape index (κ3) is 13.2. The van der Waals surface area contributed by atoms with E-state index in [0.29, 0.717) is 18.6 Å². The van der Waals surface area contributed by atoms with Crippen molar-refractivity contribution >= 4 is 53.2 Å². The average Bonchev–Trinajstić information content (AvgIpc) is 3.50. The summed E-state index contributed by atoms with van der Waals surface area (Å²) in [5, 5.41) is 91.5. The molecule has 16 atom stereocenters. The second kappa shape index (κ2) is 24.0. The molecule has 0 radical (unpaired) electrons. The monoisotopic (exact) mass is 926 g/mol. The zero-order chi connectivity index (χ0) is 46.7. The Bertz CT molecular complexity index is 1610. The number of carbonyl (C=O) groups excluding carboxylic acids is 5. The molecule has 4 aliphatic rings. The van der Waals surface area contributed by atoms with E-state index in [2.05, 4.69) is 16.0 Å². The number of carboxylic acids is 2. The van der Waals surface area contributed by atoms with E-state index in [0.717, 1.165) is 11.8 Å². The molecule has 4 saturated heterocycles. The van der Waals surface area contributed by atoms with Crippen LogP contribution in [-0.4, -0.2) is 218 Å². The predicted molar refractivity (Wildman–Crippen MR) is 209 cm³/mol. The number of aliphatic carboxylic acids is 2. The molecule has 0 aliphatic carbocycles. The van der Waals surface area contributed by atoms with Gasteiger partial charge in [-0.05, 0) is 25.0 Å². The molecule has 5 amide bonds. The Morgan fingerprint density at radius 1 is 0.810 bits per heavy atom. The summed E-state index contributed by atoms with van der Waals surface area (Å²) in [4.78, 5) is 86.6. The molecular weight excluding hydrogens is 868 g/mol. The van der Waals surface area contributed by atoms with Crippen LogP contribution in [0.3, 0.4) is 0 Å². The fraction of sp³-hybridized carbons (Fsp3) is 0.811. The third-order valence-electron chi connectivity index (χ3n) is 10.9. The minimum absolute atomic E-state index is 0.0150. The minimum atomic E-state index is -2.09. The highest BCUT2D eigenvalue weighted by Crippen LogP contribution is 2.35. The molecule has 0 aromatic rings. The molecule has 26 heteroatoms. The number of carboxylic acid groups (broad SMARTS) is 2. The van der Waals surface area contributed by atoms with E-state index < -0.39 is 127 Å². The molecule has 4 aliphatic heterocycles. The van der Waals surface area contributed by atoms with Crippen LogP contribution in [-0.2, 0) is 62.0 Å². The number of hydrogen-bond acceptors (Lipinski definition) is 20. The number of hydrogen-bond donors (Lipinski definition) is 11. The predicted octanol–water partition coefficient (Wildman–Crippen LogP) is -5.27. The van der Waals surface area contributed by atoms with Crippen molar-refractivity contribution < 1.29 is 103 Å². The molecule has 4 heterocycles. The molecule has 63 heavy (non-hydrogen) atoms. The average molecular weight is 927 g/mol. The highest BCUT2D eigenvalue weighted by Gasteiger charge is 2.56. The Kier molecular flexibility index (Phi) is 19.8. The van der Waals surface area contributed by atoms with Gasteiger partial charge in [0, 0.05) is 52.2 Å². The molecule has 4 rings (SSSR count). The molecule has 0 aromatic heterocycles. The van der Waals surface area contributed by atoms with Crippen molar-refractivity contribution in [3.8, 4) is 0 Å². The maximum absolute atomic E-state index is 12.7. The van der Waals surface area contributed by atoms with Crippen molar-refractivity contribution in [3.05, 3.63) is 0 Å². The summed E-state index contributed by atoms with van der Waals surface area (Å²) >= 11 is 1.30. The van der Waals surface area contributed by atoms with Crippen LogP contribution in [0, 0.1) is 5.92 Å². The SMILES string of the molecule is CC[C@@H]1C(C(=O)O)O[C@@H](O[C@@H]2C(CO)O[C@H](O[C@@H]3C(C(=O)O)O[C@@H](OCCNC(=O)CCCN4C(=O)CC(SCCCC(=O)NC)C4=O)C(O)C3O)C(NC(C)=O)C2O)C(O)C1O. The molecule has 10 unspecified atom stereocenters. The zero-order valence-corrected chi connectivity index (χ0v) is 35.6. The van der Waals surface area contributed by atoms with Gasteiger partial charge < -0.3 is 85.2 Å². The molecule has 25 nitrogen and oxygen atoms in total. The zero-order valence-electron chi connectivity index (χ0n) is 34.8. The van der Waals surface area contributed by atoms with Crippen LogP contribution >= 0.6 is 11.8 Å². The smallest absolute Gasteiger partial charge is 0.335 e. The first-order valence-corrected chi connectivity index (χ1v) is 21.5. The van der Waals surface area contributed by atoms with Crippen molar-refractivity contribution in [1.29, 1.82) is 0 Å². The summed E-state index contributed by atoms with van der Waals surface area (Å²) in [7, 11) is 1.53. The number of nitrogens with zero attached hydrogens (tertiary/aromatic N) is 1. The summed E-state index contributed by atoms with van der Waals surface area (Å²) in [6.45, 7) is 1.12. The van der Waals surface area contributed by atoms with Gasteiger partial charge in [-0.25, -0.2) is 9.59 Å². The van der Waals surface area contributed by atoms with Crippen LogP contribution in [0.25, 0.3) is 0 Å². The van der Waals surface area contributed by atoms with Gasteiger partial charge >= 0.3 is 11.9 Å². The van der Waals surface area contributed by atoms with E-state index in [9.17, 15) is 74.4 Å². The van der Waals surface area contributed by atoms with E-state index >= 15 is 0 Å². The van der Waals surface area contributed by atoms with E-state index in [1.807, 2.05) is 0 Å². The third-order valence-corrected chi connectivity index (χ3v) is 12.2. The first kappa shape index (κ1) is 52.0. The van der Waals surface area contributed by atoms with E-state index in [1.165, 1.54) is 18.8 Å². The quantitative estimate of drug-likeness (QED) is 0.0357. The number of likely N-dealkylation sites (tertiary alicyclic amines) is 1. The summed E-state index contributed by atoms with van der Waals surface area (Å²) in [5.74, 6) is -5.84. The summed E-state index contributed by atoms with van der Waals surface area (Å²) in [6.07, 6.45) is -23.1. The first-order chi connectivity index (χ1) is 29.8. The van der Waals surface area contributed by atoms with Crippen molar-refractivity contribution in [2.24, 2.45) is 5.92 Å². The Hall–Kier alpha value is -3.64. The van der Waals surface area contributed by atoms with Crippen LogP contribution in [0.2, 0.25) is 0 Å². The fourth-order valence-electron chi connectivity index (χ4n) is 7.56. The van der Waals surface area contributed by atoms with Crippen molar-refractivity contribution in [3.63, 3.8) is 0 Å². The van der Waals surface area contributed by atoms with Gasteiger partial charge in [0.25, 0.3) is 0 Å². The Balaban J connectivity index is 1.30. The van der Waals surface area contributed by atoms with Gasteiger partial charge in [0.1, 0.15) is 48.8 Å². The number of thioether (sulfide) groups is 1. The number of rotatable bonds is 22. The van der Waals surface area contributed by atoms with Crippen molar-refractivity contribution in [2.75, 3.05) is 39.1 Å². The normalized spacial score (nSPS) is 35.9. The van der Waals surface area contributed by atoms with Gasteiger partial charge in [-0.2, -0.15) is 0 Å². The number of aliphatic hydroxyl groups is 6. The Morgan fingerprint density at radius 2 is 1.44 bits per heavy atom. The van der Waals surface area contributed by atoms with Gasteiger partial charge in [0.15, 0.2) is 31.1 Å². The second-order valence-corrected chi connectivity index (χ2v) is 16.6. The molecule has 11 N–H and O–H groups in total. The summed E-state index contributed by atoms with van der Waals surface area (Å²) < 4.78 is 33.4. The maximum atomic E-state index is 12.7. The van der Waals surface area contributed by atoms with Gasteiger partial charge in [-0.1, -0.05) is 6.92 Å². The van der Waals surface area contributed by atoms with Crippen LogP contribution in [0.4, 0.5) is 0 Å². The lowest BCUT2D eigenvalue weighted by molar-refractivity contribution is -0.360. The standard InChI is InChI=1S/C37H58N4O21S/c1-4-16-23(47)26(50)37(59-28(16)33(53)54)60-29-17(14-42)58-35(22(24(29)48)40-15(2)43)61-30-25(49)27(51)36(62-31(30)34(55)56)57-11-9-39-20(45)7-5-10-41-21(46)13-18(32(41)52)63-12-6-8-19(44)38-3/h16-18,22-31,35-37,42,47-51H,4-14H2,1-3H3,(H,38,44)(H,39,45)(H,40,43)(H,53,54)(H,55,56)/t16-,17?,18?,22?,23?,24?,25?,26?,27?,28?,29+,30-,31?,35+,36+,37-/m0/s1. The van der Waals surface area contributed by atoms with E-state index in [-0.39, 0.29) is 63.1 Å². The van der Waals surface area contributed by atoms with Gasteiger partial charge in [-0.3, -0.25) is 28.9 Å². The molecule has 0 bridgehead atoms. The van der Waals surface area contributed by atoms with E-state index in [1.54, 1.807) is 6.92 Å². The highest BCUT2D eigenvalue weighted by atomic mass is 32.2.